The zero-order chi connectivity index (χ0) is 11.9. The van der Waals surface area contributed by atoms with E-state index in [1.54, 1.807) is 0 Å². The molecule has 0 aromatic heterocycles. The van der Waals surface area contributed by atoms with E-state index in [0.29, 0.717) is 11.5 Å². The molecule has 17 heavy (non-hydrogen) atoms. The van der Waals surface area contributed by atoms with Gasteiger partial charge in [-0.15, -0.1) is 0 Å². The van der Waals surface area contributed by atoms with E-state index in [-0.39, 0.29) is 0 Å². The summed E-state index contributed by atoms with van der Waals surface area (Å²) in [5, 5.41) is 4.67. The summed E-state index contributed by atoms with van der Waals surface area (Å²) in [6.45, 7) is 2.34. The van der Waals surface area contributed by atoms with Gasteiger partial charge in [0.2, 0.25) is 0 Å². The highest BCUT2D eigenvalue weighted by Crippen LogP contribution is 2.45. The fraction of sp³-hybridized carbons (Fsp3) is 0.600. The Morgan fingerprint density at radius 3 is 2.76 bits per heavy atom. The first-order chi connectivity index (χ1) is 8.19. The molecule has 3 rings (SSSR count). The van der Waals surface area contributed by atoms with Gasteiger partial charge in [0, 0.05) is 16.2 Å². The Bertz CT molecular complexity index is 421. The zero-order valence-electron chi connectivity index (χ0n) is 10.4. The molecule has 1 unspecified atom stereocenters. The maximum Gasteiger partial charge on any atom is 0.0410 e. The van der Waals surface area contributed by atoms with Crippen LogP contribution in [0.1, 0.15) is 56.9 Å². The molecule has 1 nitrogen and oxygen atoms in total. The van der Waals surface area contributed by atoms with E-state index in [2.05, 4.69) is 24.4 Å². The van der Waals surface area contributed by atoms with Crippen LogP contribution in [-0.2, 0) is 0 Å². The monoisotopic (exact) mass is 249 g/mol. The molecule has 1 aromatic carbocycles. The molecule has 1 fully saturated rings. The predicted molar refractivity (Wildman–Crippen MR) is 73.9 cm³/mol. The van der Waals surface area contributed by atoms with E-state index >= 15 is 0 Å². The van der Waals surface area contributed by atoms with Gasteiger partial charge in [-0.1, -0.05) is 37.8 Å². The van der Waals surface area contributed by atoms with Crippen molar-refractivity contribution in [2.75, 3.05) is 5.32 Å². The molecule has 2 aliphatic rings. The van der Waals surface area contributed by atoms with Crippen molar-refractivity contribution in [2.24, 2.45) is 0 Å². The summed E-state index contributed by atoms with van der Waals surface area (Å²) in [5.41, 5.74) is 3.09. The van der Waals surface area contributed by atoms with E-state index in [1.165, 1.54) is 49.8 Å². The Kier molecular flexibility index (Phi) is 2.82. The van der Waals surface area contributed by atoms with Gasteiger partial charge >= 0.3 is 0 Å². The molecular weight excluding hydrogens is 230 g/mol. The van der Waals surface area contributed by atoms with Gasteiger partial charge in [0.25, 0.3) is 0 Å². The molecule has 1 aromatic rings. The fourth-order valence-electron chi connectivity index (χ4n) is 3.65. The molecule has 1 aliphatic heterocycles. The lowest BCUT2D eigenvalue weighted by atomic mass is 9.72. The van der Waals surface area contributed by atoms with E-state index < -0.39 is 0 Å². The number of nitrogens with one attached hydrogen (secondary N) is 1. The maximum absolute atomic E-state index is 6.09. The van der Waals surface area contributed by atoms with Crippen LogP contribution >= 0.6 is 11.6 Å². The third-order valence-corrected chi connectivity index (χ3v) is 4.69. The summed E-state index contributed by atoms with van der Waals surface area (Å²) in [4.78, 5) is 0. The molecule has 0 bridgehead atoms. The van der Waals surface area contributed by atoms with E-state index in [0.717, 1.165) is 5.02 Å². The van der Waals surface area contributed by atoms with Crippen molar-refractivity contribution >= 4 is 17.3 Å². The summed E-state index contributed by atoms with van der Waals surface area (Å²) in [6, 6.07) is 6.29. The first-order valence-electron chi connectivity index (χ1n) is 6.76. The van der Waals surface area contributed by atoms with Gasteiger partial charge in [0.15, 0.2) is 0 Å². The van der Waals surface area contributed by atoms with Crippen molar-refractivity contribution in [3.05, 3.63) is 28.8 Å². The average molecular weight is 250 g/mol. The SMILES string of the molecule is CC1CC2(CCCCC2)Nc2ccc(Cl)cc21. The lowest BCUT2D eigenvalue weighted by Crippen LogP contribution is -2.44. The van der Waals surface area contributed by atoms with Gasteiger partial charge in [0.05, 0.1) is 0 Å². The predicted octanol–water partition coefficient (Wildman–Crippen LogP) is 4.96. The van der Waals surface area contributed by atoms with Crippen LogP contribution in [0.15, 0.2) is 18.2 Å². The molecule has 1 spiro atoms. The highest BCUT2D eigenvalue weighted by Gasteiger charge is 2.37. The minimum atomic E-state index is 0.374. The second-order valence-electron chi connectivity index (χ2n) is 5.80. The number of benzene rings is 1. The molecule has 1 N–H and O–H groups in total. The lowest BCUT2D eigenvalue weighted by Gasteiger charge is -2.45. The van der Waals surface area contributed by atoms with Crippen LogP contribution in [0, 0.1) is 0 Å². The molecule has 1 aliphatic carbocycles. The second kappa shape index (κ2) is 4.20. The number of halogens is 1. The van der Waals surface area contributed by atoms with Gasteiger partial charge in [-0.05, 0) is 48.9 Å². The standard InChI is InChI=1S/C15H20ClN/c1-11-10-15(7-3-2-4-8-15)17-14-6-5-12(16)9-13(11)14/h5-6,9,11,17H,2-4,7-8,10H2,1H3. The highest BCUT2D eigenvalue weighted by atomic mass is 35.5. The average Bonchev–Trinajstić information content (AvgIpc) is 2.31. The van der Waals surface area contributed by atoms with Crippen molar-refractivity contribution in [3.8, 4) is 0 Å². The molecule has 0 amide bonds. The number of hydrogen-bond acceptors (Lipinski definition) is 1. The first kappa shape index (κ1) is 11.4. The Morgan fingerprint density at radius 1 is 1.24 bits per heavy atom. The first-order valence-corrected chi connectivity index (χ1v) is 7.14. The van der Waals surface area contributed by atoms with E-state index in [1.807, 2.05) is 6.07 Å². The van der Waals surface area contributed by atoms with Crippen LogP contribution in [0.5, 0.6) is 0 Å². The normalized spacial score (nSPS) is 26.4. The van der Waals surface area contributed by atoms with Crippen LogP contribution in [0.4, 0.5) is 5.69 Å². The summed E-state index contributed by atoms with van der Waals surface area (Å²) >= 11 is 6.09. The fourth-order valence-corrected chi connectivity index (χ4v) is 3.83. The number of rotatable bonds is 0. The van der Waals surface area contributed by atoms with Crippen LogP contribution in [0.3, 0.4) is 0 Å². The Hall–Kier alpha value is -0.690. The van der Waals surface area contributed by atoms with E-state index in [9.17, 15) is 0 Å². The topological polar surface area (TPSA) is 12.0 Å². The third kappa shape index (κ3) is 2.06. The number of anilines is 1. The molecule has 92 valence electrons. The van der Waals surface area contributed by atoms with Gasteiger partial charge in [-0.3, -0.25) is 0 Å². The second-order valence-corrected chi connectivity index (χ2v) is 6.24. The molecule has 0 radical (unpaired) electrons. The summed E-state index contributed by atoms with van der Waals surface area (Å²) < 4.78 is 0. The zero-order valence-corrected chi connectivity index (χ0v) is 11.2. The van der Waals surface area contributed by atoms with Gasteiger partial charge < -0.3 is 5.32 Å². The molecule has 1 saturated carbocycles. The van der Waals surface area contributed by atoms with Crippen LogP contribution in [-0.4, -0.2) is 5.54 Å². The molecule has 0 saturated heterocycles. The third-order valence-electron chi connectivity index (χ3n) is 4.45. The van der Waals surface area contributed by atoms with Gasteiger partial charge in [-0.25, -0.2) is 0 Å². The number of hydrogen-bond donors (Lipinski definition) is 1. The van der Waals surface area contributed by atoms with Crippen LogP contribution < -0.4 is 5.32 Å². The summed E-state index contributed by atoms with van der Waals surface area (Å²) in [7, 11) is 0. The maximum atomic E-state index is 6.09. The van der Waals surface area contributed by atoms with E-state index in [4.69, 9.17) is 11.6 Å². The summed E-state index contributed by atoms with van der Waals surface area (Å²) in [6.07, 6.45) is 8.09. The van der Waals surface area contributed by atoms with Crippen molar-refractivity contribution in [1.82, 2.24) is 0 Å². The van der Waals surface area contributed by atoms with Crippen molar-refractivity contribution in [1.29, 1.82) is 0 Å². The van der Waals surface area contributed by atoms with Crippen molar-refractivity contribution < 1.29 is 0 Å². The van der Waals surface area contributed by atoms with Gasteiger partial charge in [0.1, 0.15) is 0 Å². The van der Waals surface area contributed by atoms with Crippen molar-refractivity contribution in [2.45, 2.75) is 56.9 Å². The molecule has 2 heteroatoms. The molecule has 1 heterocycles. The number of fused-ring (bicyclic) bond motifs is 1. The van der Waals surface area contributed by atoms with Gasteiger partial charge in [-0.2, -0.15) is 0 Å². The molecular formula is C15H20ClN. The molecule has 1 atom stereocenters. The summed E-state index contributed by atoms with van der Waals surface area (Å²) in [5.74, 6) is 0.628. The quantitative estimate of drug-likeness (QED) is 0.685. The minimum absolute atomic E-state index is 0.374. The minimum Gasteiger partial charge on any atom is -0.379 e. The smallest absolute Gasteiger partial charge is 0.0410 e. The Labute approximate surface area is 109 Å². The van der Waals surface area contributed by atoms with Crippen LogP contribution in [0.25, 0.3) is 0 Å². The van der Waals surface area contributed by atoms with Crippen LogP contribution in [0.2, 0.25) is 5.02 Å². The largest absolute Gasteiger partial charge is 0.379 e. The highest BCUT2D eigenvalue weighted by molar-refractivity contribution is 6.30. The lowest BCUT2D eigenvalue weighted by molar-refractivity contribution is 0.282. The van der Waals surface area contributed by atoms with Crippen molar-refractivity contribution in [3.63, 3.8) is 0 Å². The Morgan fingerprint density at radius 2 is 2.00 bits per heavy atom. The Balaban J connectivity index is 1.94.